The van der Waals surface area contributed by atoms with E-state index >= 15 is 0 Å². The van der Waals surface area contributed by atoms with Crippen LogP contribution in [-0.2, 0) is 0 Å². The monoisotopic (exact) mass is 303 g/mol. The van der Waals surface area contributed by atoms with E-state index in [0.29, 0.717) is 16.1 Å². The molecule has 1 aromatic heterocycles. The number of benzene rings is 1. The van der Waals surface area contributed by atoms with Gasteiger partial charge in [0.05, 0.1) is 9.75 Å². The van der Waals surface area contributed by atoms with Crippen molar-refractivity contribution in [1.29, 1.82) is 0 Å². The molecule has 2 N–H and O–H groups in total. The second-order valence-corrected chi connectivity index (χ2v) is 5.55. The Labute approximate surface area is 126 Å². The van der Waals surface area contributed by atoms with E-state index in [1.807, 2.05) is 6.92 Å². The Balaban J connectivity index is 2.18. The molecule has 1 aromatic carbocycles. The minimum absolute atomic E-state index is 0.221. The minimum Gasteiger partial charge on any atom is -0.384 e. The van der Waals surface area contributed by atoms with E-state index < -0.39 is 0 Å². The molecule has 108 valence electrons. The Morgan fingerprint density at radius 2 is 2.10 bits per heavy atom. The van der Waals surface area contributed by atoms with E-state index in [0.717, 1.165) is 10.4 Å². The minimum atomic E-state index is -0.357. The Morgan fingerprint density at radius 1 is 1.33 bits per heavy atom. The van der Waals surface area contributed by atoms with Gasteiger partial charge in [-0.05, 0) is 43.2 Å². The van der Waals surface area contributed by atoms with Gasteiger partial charge in [-0.3, -0.25) is 4.79 Å². The topological polar surface area (TPSA) is 49.3 Å². The first-order chi connectivity index (χ1) is 10.0. The molecule has 0 fully saturated rings. The second kappa shape index (κ2) is 6.53. The number of aryl methyl sites for hydroxylation is 2. The molecule has 0 saturated carbocycles. The van der Waals surface area contributed by atoms with Gasteiger partial charge in [-0.2, -0.15) is 0 Å². The predicted molar refractivity (Wildman–Crippen MR) is 82.1 cm³/mol. The SMILES string of the molecule is Cc1ccc(NC(=O)c2cc(C)c(C#CCO)s2)cc1F. The summed E-state index contributed by atoms with van der Waals surface area (Å²) in [4.78, 5) is 13.4. The van der Waals surface area contributed by atoms with Gasteiger partial charge in [-0.15, -0.1) is 11.3 Å². The van der Waals surface area contributed by atoms with Gasteiger partial charge in [0.25, 0.3) is 5.91 Å². The second-order valence-electron chi connectivity index (χ2n) is 4.50. The van der Waals surface area contributed by atoms with Crippen LogP contribution in [0.5, 0.6) is 0 Å². The predicted octanol–water partition coefficient (Wildman–Crippen LogP) is 3.10. The molecule has 1 heterocycles. The number of aliphatic hydroxyl groups excluding tert-OH is 1. The third kappa shape index (κ3) is 3.69. The summed E-state index contributed by atoms with van der Waals surface area (Å²) in [7, 11) is 0. The maximum atomic E-state index is 13.4. The van der Waals surface area contributed by atoms with Crippen LogP contribution in [-0.4, -0.2) is 17.6 Å². The summed E-state index contributed by atoms with van der Waals surface area (Å²) in [6, 6.07) is 6.29. The number of nitrogens with one attached hydrogen (secondary N) is 1. The van der Waals surface area contributed by atoms with Gasteiger partial charge in [0.2, 0.25) is 0 Å². The van der Waals surface area contributed by atoms with Crippen molar-refractivity contribution < 1.29 is 14.3 Å². The van der Waals surface area contributed by atoms with Gasteiger partial charge in [0.15, 0.2) is 0 Å². The fourth-order valence-electron chi connectivity index (χ4n) is 1.70. The third-order valence-corrected chi connectivity index (χ3v) is 4.00. The number of carbonyl (C=O) groups excluding carboxylic acids is 1. The first-order valence-electron chi connectivity index (χ1n) is 6.29. The molecule has 0 radical (unpaired) electrons. The molecule has 0 aliphatic rings. The summed E-state index contributed by atoms with van der Waals surface area (Å²) in [6.45, 7) is 3.29. The number of anilines is 1. The lowest BCUT2D eigenvalue weighted by Gasteiger charge is -2.04. The summed E-state index contributed by atoms with van der Waals surface area (Å²) in [5, 5.41) is 11.4. The van der Waals surface area contributed by atoms with Crippen LogP contribution in [0.1, 0.15) is 25.7 Å². The van der Waals surface area contributed by atoms with Crippen LogP contribution in [0.15, 0.2) is 24.3 Å². The third-order valence-electron chi connectivity index (χ3n) is 2.85. The van der Waals surface area contributed by atoms with Crippen LogP contribution in [0, 0.1) is 31.5 Å². The van der Waals surface area contributed by atoms with Crippen molar-refractivity contribution >= 4 is 22.9 Å². The van der Waals surface area contributed by atoms with Crippen molar-refractivity contribution in [1.82, 2.24) is 0 Å². The molecule has 2 rings (SSSR count). The van der Waals surface area contributed by atoms with Crippen LogP contribution in [0.3, 0.4) is 0 Å². The summed E-state index contributed by atoms with van der Waals surface area (Å²) in [6.07, 6.45) is 0. The molecule has 0 aliphatic carbocycles. The summed E-state index contributed by atoms with van der Waals surface area (Å²) >= 11 is 1.24. The summed E-state index contributed by atoms with van der Waals surface area (Å²) < 4.78 is 13.4. The van der Waals surface area contributed by atoms with Gasteiger partial charge >= 0.3 is 0 Å². The highest BCUT2D eigenvalue weighted by atomic mass is 32.1. The molecular formula is C16H14FNO2S. The van der Waals surface area contributed by atoms with Crippen LogP contribution in [0.25, 0.3) is 0 Å². The standard InChI is InChI=1S/C16H14FNO2S/c1-10-5-6-12(9-13(10)17)18-16(20)15-8-11(2)14(21-15)4-3-7-19/h5-6,8-9,19H,7H2,1-2H3,(H,18,20). The molecule has 5 heteroatoms. The van der Waals surface area contributed by atoms with Crippen LogP contribution in [0.2, 0.25) is 0 Å². The number of thiophene rings is 1. The first kappa shape index (κ1) is 15.2. The van der Waals surface area contributed by atoms with E-state index in [1.165, 1.54) is 17.4 Å². The molecule has 1 amide bonds. The lowest BCUT2D eigenvalue weighted by Crippen LogP contribution is -2.10. The van der Waals surface area contributed by atoms with Gasteiger partial charge in [0, 0.05) is 5.69 Å². The average molecular weight is 303 g/mol. The smallest absolute Gasteiger partial charge is 0.265 e. The fourth-order valence-corrected chi connectivity index (χ4v) is 2.64. The maximum absolute atomic E-state index is 13.4. The fraction of sp³-hybridized carbons (Fsp3) is 0.188. The van der Waals surface area contributed by atoms with Crippen molar-refractivity contribution in [3.8, 4) is 11.8 Å². The van der Waals surface area contributed by atoms with Crippen molar-refractivity contribution in [2.45, 2.75) is 13.8 Å². The number of halogens is 1. The van der Waals surface area contributed by atoms with E-state index in [9.17, 15) is 9.18 Å². The maximum Gasteiger partial charge on any atom is 0.265 e. The zero-order valence-corrected chi connectivity index (χ0v) is 12.5. The van der Waals surface area contributed by atoms with E-state index in [1.54, 1.807) is 25.1 Å². The van der Waals surface area contributed by atoms with Gasteiger partial charge in [0.1, 0.15) is 12.4 Å². The molecule has 3 nitrogen and oxygen atoms in total. The Morgan fingerprint density at radius 3 is 2.76 bits per heavy atom. The Hall–Kier alpha value is -2.16. The zero-order valence-electron chi connectivity index (χ0n) is 11.7. The highest BCUT2D eigenvalue weighted by molar-refractivity contribution is 7.14. The highest BCUT2D eigenvalue weighted by Crippen LogP contribution is 2.22. The van der Waals surface area contributed by atoms with Crippen LogP contribution < -0.4 is 5.32 Å². The lowest BCUT2D eigenvalue weighted by molar-refractivity contribution is 0.103. The number of hydrogen-bond donors (Lipinski definition) is 2. The normalized spacial score (nSPS) is 9.90. The number of rotatable bonds is 2. The number of carbonyl (C=O) groups is 1. The van der Waals surface area contributed by atoms with Crippen molar-refractivity contribution in [2.75, 3.05) is 11.9 Å². The molecule has 0 saturated heterocycles. The molecule has 2 aromatic rings. The van der Waals surface area contributed by atoms with Gasteiger partial charge < -0.3 is 10.4 Å². The molecule has 0 spiro atoms. The van der Waals surface area contributed by atoms with E-state index in [-0.39, 0.29) is 18.3 Å². The molecule has 0 bridgehead atoms. The van der Waals surface area contributed by atoms with Crippen molar-refractivity contribution in [2.24, 2.45) is 0 Å². The molecule has 0 aliphatic heterocycles. The molecule has 0 unspecified atom stereocenters. The Bertz CT molecular complexity index is 740. The van der Waals surface area contributed by atoms with E-state index in [2.05, 4.69) is 17.2 Å². The van der Waals surface area contributed by atoms with Crippen LogP contribution in [0.4, 0.5) is 10.1 Å². The van der Waals surface area contributed by atoms with Crippen molar-refractivity contribution in [3.05, 3.63) is 51.0 Å². The van der Waals surface area contributed by atoms with Crippen LogP contribution >= 0.6 is 11.3 Å². The average Bonchev–Trinajstić information content (AvgIpc) is 2.82. The van der Waals surface area contributed by atoms with Gasteiger partial charge in [-0.25, -0.2) is 4.39 Å². The number of amides is 1. The quantitative estimate of drug-likeness (QED) is 0.838. The molecule has 0 atom stereocenters. The summed E-state index contributed by atoms with van der Waals surface area (Å²) in [5.41, 5.74) is 1.82. The Kier molecular flexibility index (Phi) is 4.73. The highest BCUT2D eigenvalue weighted by Gasteiger charge is 2.12. The largest absolute Gasteiger partial charge is 0.384 e. The zero-order chi connectivity index (χ0) is 15.4. The van der Waals surface area contributed by atoms with Crippen molar-refractivity contribution in [3.63, 3.8) is 0 Å². The number of hydrogen-bond acceptors (Lipinski definition) is 3. The van der Waals surface area contributed by atoms with Gasteiger partial charge in [-0.1, -0.05) is 17.9 Å². The molecule has 21 heavy (non-hydrogen) atoms. The summed E-state index contributed by atoms with van der Waals surface area (Å²) in [5.74, 6) is 4.69. The van der Waals surface area contributed by atoms with E-state index in [4.69, 9.17) is 5.11 Å². The lowest BCUT2D eigenvalue weighted by atomic mass is 10.2. The molecular weight excluding hydrogens is 289 g/mol. The first-order valence-corrected chi connectivity index (χ1v) is 7.10. The number of aliphatic hydroxyl groups is 1.